The lowest BCUT2D eigenvalue weighted by Gasteiger charge is -2.05. The van der Waals surface area contributed by atoms with Gasteiger partial charge in [-0.05, 0) is 17.7 Å². The second-order valence-corrected chi connectivity index (χ2v) is 4.22. The molecule has 0 aliphatic rings. The zero-order chi connectivity index (χ0) is 11.7. The molecule has 0 amide bonds. The number of nitrogens with two attached hydrogens (primary N) is 1. The van der Waals surface area contributed by atoms with E-state index in [1.807, 2.05) is 0 Å². The summed E-state index contributed by atoms with van der Waals surface area (Å²) in [4.78, 5) is 11.4. The molecule has 0 bridgehead atoms. The van der Waals surface area contributed by atoms with E-state index in [0.29, 0.717) is 22.4 Å². The Labute approximate surface area is 102 Å². The van der Waals surface area contributed by atoms with E-state index in [9.17, 15) is 4.79 Å². The average Bonchev–Trinajstić information content (AvgIpc) is 2.50. The normalized spacial score (nSPS) is 10.6. The molecule has 0 spiro atoms. The number of aromatic nitrogens is 2. The van der Waals surface area contributed by atoms with Crippen LogP contribution in [-0.4, -0.2) is 9.78 Å². The molecule has 0 unspecified atom stereocenters. The lowest BCUT2D eigenvalue weighted by atomic mass is 10.2. The standard InChI is InChI=1S/C10H9Cl2N3O/c11-7-2-1-6(8(12)3-7)5-15-10(16)4-9(13)14-15/h1-4,14H,5,13H2. The first kappa shape index (κ1) is 11.1. The predicted octanol–water partition coefficient (Wildman–Crippen LogP) is 2.11. The molecule has 6 heteroatoms. The molecule has 0 saturated carbocycles. The highest BCUT2D eigenvalue weighted by molar-refractivity contribution is 6.35. The molecule has 0 fully saturated rings. The Kier molecular flexibility index (Phi) is 2.94. The summed E-state index contributed by atoms with van der Waals surface area (Å²) < 4.78 is 1.38. The number of hydrogen-bond donors (Lipinski definition) is 2. The molecular weight excluding hydrogens is 249 g/mol. The van der Waals surface area contributed by atoms with Crippen molar-refractivity contribution < 1.29 is 0 Å². The van der Waals surface area contributed by atoms with Gasteiger partial charge in [0.05, 0.1) is 6.54 Å². The number of benzene rings is 1. The van der Waals surface area contributed by atoms with Crippen LogP contribution in [-0.2, 0) is 6.54 Å². The zero-order valence-electron chi connectivity index (χ0n) is 8.21. The largest absolute Gasteiger partial charge is 0.384 e. The Bertz CT molecular complexity index is 574. The molecule has 0 aliphatic heterocycles. The Balaban J connectivity index is 2.34. The maximum absolute atomic E-state index is 11.4. The van der Waals surface area contributed by atoms with Crippen molar-refractivity contribution in [2.45, 2.75) is 6.54 Å². The van der Waals surface area contributed by atoms with Crippen LogP contribution in [0.2, 0.25) is 10.0 Å². The molecule has 16 heavy (non-hydrogen) atoms. The quantitative estimate of drug-likeness (QED) is 0.866. The number of hydrogen-bond acceptors (Lipinski definition) is 2. The lowest BCUT2D eigenvalue weighted by molar-refractivity contribution is 0.667. The first-order valence-electron chi connectivity index (χ1n) is 4.55. The molecule has 0 atom stereocenters. The second kappa shape index (κ2) is 4.23. The highest BCUT2D eigenvalue weighted by Crippen LogP contribution is 2.21. The number of nitrogen functional groups attached to an aromatic ring is 1. The molecule has 4 nitrogen and oxygen atoms in total. The Morgan fingerprint density at radius 3 is 2.62 bits per heavy atom. The molecule has 0 saturated heterocycles. The van der Waals surface area contributed by atoms with Crippen molar-refractivity contribution in [1.29, 1.82) is 0 Å². The van der Waals surface area contributed by atoms with Crippen LogP contribution in [0.3, 0.4) is 0 Å². The van der Waals surface area contributed by atoms with Crippen LogP contribution in [0.25, 0.3) is 0 Å². The lowest BCUT2D eigenvalue weighted by Crippen LogP contribution is -2.16. The van der Waals surface area contributed by atoms with Gasteiger partial charge in [0.1, 0.15) is 5.82 Å². The van der Waals surface area contributed by atoms with Crippen molar-refractivity contribution in [2.24, 2.45) is 0 Å². The van der Waals surface area contributed by atoms with Crippen LogP contribution in [0.15, 0.2) is 29.1 Å². The number of nitrogens with one attached hydrogen (secondary N) is 1. The van der Waals surface area contributed by atoms with E-state index in [1.165, 1.54) is 10.7 Å². The Morgan fingerprint density at radius 2 is 2.06 bits per heavy atom. The molecule has 2 aromatic rings. The Morgan fingerprint density at radius 1 is 1.31 bits per heavy atom. The highest BCUT2D eigenvalue weighted by Gasteiger charge is 2.05. The van der Waals surface area contributed by atoms with Gasteiger partial charge >= 0.3 is 0 Å². The van der Waals surface area contributed by atoms with Gasteiger partial charge in [0.2, 0.25) is 0 Å². The topological polar surface area (TPSA) is 63.8 Å². The number of halogens is 2. The van der Waals surface area contributed by atoms with Crippen molar-refractivity contribution in [3.63, 3.8) is 0 Å². The summed E-state index contributed by atoms with van der Waals surface area (Å²) in [7, 11) is 0. The van der Waals surface area contributed by atoms with E-state index in [4.69, 9.17) is 28.9 Å². The van der Waals surface area contributed by atoms with Crippen molar-refractivity contribution in [3.05, 3.63) is 50.2 Å². The molecule has 84 valence electrons. The Hall–Kier alpha value is -1.39. The van der Waals surface area contributed by atoms with E-state index in [1.54, 1.807) is 18.2 Å². The van der Waals surface area contributed by atoms with Gasteiger partial charge in [-0.25, -0.2) is 4.68 Å². The molecule has 1 heterocycles. The number of H-pyrrole nitrogens is 1. The monoisotopic (exact) mass is 257 g/mol. The molecular formula is C10H9Cl2N3O. The van der Waals surface area contributed by atoms with Gasteiger partial charge in [-0.1, -0.05) is 29.3 Å². The summed E-state index contributed by atoms with van der Waals surface area (Å²) in [5, 5.41) is 3.81. The van der Waals surface area contributed by atoms with Crippen LogP contribution in [0.1, 0.15) is 5.56 Å². The van der Waals surface area contributed by atoms with Gasteiger partial charge < -0.3 is 5.73 Å². The van der Waals surface area contributed by atoms with Gasteiger partial charge in [-0.15, -0.1) is 0 Å². The third-order valence-electron chi connectivity index (χ3n) is 2.15. The third-order valence-corrected chi connectivity index (χ3v) is 2.74. The summed E-state index contributed by atoms with van der Waals surface area (Å²) in [5.74, 6) is 0.329. The first-order chi connectivity index (χ1) is 7.56. The van der Waals surface area contributed by atoms with E-state index in [-0.39, 0.29) is 5.56 Å². The molecule has 1 aromatic heterocycles. The van der Waals surface area contributed by atoms with Crippen molar-refractivity contribution in [2.75, 3.05) is 5.73 Å². The van der Waals surface area contributed by atoms with Gasteiger partial charge in [-0.3, -0.25) is 9.89 Å². The SMILES string of the molecule is Nc1cc(=O)n(Cc2ccc(Cl)cc2Cl)[nH]1. The maximum Gasteiger partial charge on any atom is 0.268 e. The number of anilines is 1. The molecule has 2 rings (SSSR count). The summed E-state index contributed by atoms with van der Waals surface area (Å²) in [6.45, 7) is 0.339. The van der Waals surface area contributed by atoms with Crippen LogP contribution in [0, 0.1) is 0 Å². The minimum atomic E-state index is -0.191. The summed E-state index contributed by atoms with van der Waals surface area (Å²) in [6.07, 6.45) is 0. The minimum Gasteiger partial charge on any atom is -0.384 e. The smallest absolute Gasteiger partial charge is 0.268 e. The fraction of sp³-hybridized carbons (Fsp3) is 0.100. The van der Waals surface area contributed by atoms with Crippen LogP contribution in [0.5, 0.6) is 0 Å². The molecule has 0 radical (unpaired) electrons. The van der Waals surface area contributed by atoms with Crippen LogP contribution >= 0.6 is 23.2 Å². The summed E-state index contributed by atoms with van der Waals surface area (Å²) in [6, 6.07) is 6.45. The molecule has 1 aromatic carbocycles. The van der Waals surface area contributed by atoms with Crippen LogP contribution in [0.4, 0.5) is 5.82 Å². The summed E-state index contributed by atoms with van der Waals surface area (Å²) >= 11 is 11.8. The first-order valence-corrected chi connectivity index (χ1v) is 5.31. The predicted molar refractivity (Wildman–Crippen MR) is 65.0 cm³/mol. The van der Waals surface area contributed by atoms with E-state index >= 15 is 0 Å². The van der Waals surface area contributed by atoms with E-state index < -0.39 is 0 Å². The molecule has 0 aliphatic carbocycles. The number of aromatic amines is 1. The van der Waals surface area contributed by atoms with Gasteiger partial charge in [-0.2, -0.15) is 0 Å². The average molecular weight is 258 g/mol. The second-order valence-electron chi connectivity index (χ2n) is 3.37. The van der Waals surface area contributed by atoms with E-state index in [0.717, 1.165) is 5.56 Å². The number of nitrogens with zero attached hydrogens (tertiary/aromatic N) is 1. The fourth-order valence-electron chi connectivity index (χ4n) is 1.39. The van der Waals surface area contributed by atoms with Gasteiger partial charge in [0, 0.05) is 16.1 Å². The minimum absolute atomic E-state index is 0.191. The van der Waals surface area contributed by atoms with Gasteiger partial charge in [0.15, 0.2) is 0 Å². The molecule has 3 N–H and O–H groups in total. The van der Waals surface area contributed by atoms with Crippen molar-refractivity contribution in [3.8, 4) is 0 Å². The van der Waals surface area contributed by atoms with Crippen molar-refractivity contribution in [1.82, 2.24) is 9.78 Å². The zero-order valence-corrected chi connectivity index (χ0v) is 9.72. The van der Waals surface area contributed by atoms with Crippen LogP contribution < -0.4 is 11.3 Å². The van der Waals surface area contributed by atoms with E-state index in [2.05, 4.69) is 5.10 Å². The highest BCUT2D eigenvalue weighted by atomic mass is 35.5. The third kappa shape index (κ3) is 2.23. The number of rotatable bonds is 2. The fourth-order valence-corrected chi connectivity index (χ4v) is 1.86. The maximum atomic E-state index is 11.4. The summed E-state index contributed by atoms with van der Waals surface area (Å²) in [5.41, 5.74) is 6.07. The van der Waals surface area contributed by atoms with Crippen molar-refractivity contribution >= 4 is 29.0 Å². The van der Waals surface area contributed by atoms with Gasteiger partial charge in [0.25, 0.3) is 5.56 Å².